The van der Waals surface area contributed by atoms with Crippen LogP contribution in [-0.2, 0) is 16.1 Å². The van der Waals surface area contributed by atoms with E-state index in [1.54, 1.807) is 42.5 Å². The molecule has 1 unspecified atom stereocenters. The van der Waals surface area contributed by atoms with Gasteiger partial charge in [0.2, 0.25) is 0 Å². The Hall–Kier alpha value is -3.71. The van der Waals surface area contributed by atoms with Crippen molar-refractivity contribution in [3.05, 3.63) is 88.3 Å². The highest BCUT2D eigenvalue weighted by atomic mass is 35.5. The molecule has 2 aromatic carbocycles. The van der Waals surface area contributed by atoms with Gasteiger partial charge < -0.3 is 24.3 Å². The van der Waals surface area contributed by atoms with E-state index < -0.39 is 17.7 Å². The van der Waals surface area contributed by atoms with Gasteiger partial charge in [0.25, 0.3) is 11.7 Å². The SMILES string of the molecule is CCCOc1cccc(/C(O)=C2/C(=O)C(=O)N(Cc3ccco3)C2c2ccc(O)c(Cl)c2)c1. The summed E-state index contributed by atoms with van der Waals surface area (Å²) in [6, 6.07) is 13.5. The summed E-state index contributed by atoms with van der Waals surface area (Å²) < 4.78 is 11.0. The molecular formula is C25H22ClNO6. The van der Waals surface area contributed by atoms with Gasteiger partial charge in [0.1, 0.15) is 23.0 Å². The van der Waals surface area contributed by atoms with E-state index in [0.29, 0.717) is 29.2 Å². The Morgan fingerprint density at radius 3 is 2.67 bits per heavy atom. The highest BCUT2D eigenvalue weighted by Gasteiger charge is 2.46. The van der Waals surface area contributed by atoms with E-state index in [4.69, 9.17) is 20.8 Å². The molecule has 0 saturated carbocycles. The molecule has 1 amide bonds. The summed E-state index contributed by atoms with van der Waals surface area (Å²) in [5.74, 6) is -1.05. The minimum atomic E-state index is -0.937. The van der Waals surface area contributed by atoms with Crippen molar-refractivity contribution in [1.29, 1.82) is 0 Å². The first-order valence-electron chi connectivity index (χ1n) is 10.4. The molecule has 1 saturated heterocycles. The third-order valence-electron chi connectivity index (χ3n) is 5.31. The van der Waals surface area contributed by atoms with E-state index in [0.717, 1.165) is 6.42 Å². The number of aromatic hydroxyl groups is 1. The van der Waals surface area contributed by atoms with Gasteiger partial charge in [0.05, 0.1) is 36.1 Å². The highest BCUT2D eigenvalue weighted by molar-refractivity contribution is 6.46. The number of phenols is 1. The monoisotopic (exact) mass is 467 g/mol. The smallest absolute Gasteiger partial charge is 0.296 e. The van der Waals surface area contributed by atoms with Gasteiger partial charge in [0, 0.05) is 5.56 Å². The van der Waals surface area contributed by atoms with E-state index in [9.17, 15) is 19.8 Å². The van der Waals surface area contributed by atoms with Crippen LogP contribution >= 0.6 is 11.6 Å². The summed E-state index contributed by atoms with van der Waals surface area (Å²) in [7, 11) is 0. The average Bonchev–Trinajstić information content (AvgIpc) is 3.42. The third kappa shape index (κ3) is 4.45. The molecule has 0 radical (unpaired) electrons. The van der Waals surface area contributed by atoms with Crippen LogP contribution < -0.4 is 4.74 Å². The number of amides is 1. The van der Waals surface area contributed by atoms with E-state index in [-0.39, 0.29) is 28.6 Å². The van der Waals surface area contributed by atoms with Gasteiger partial charge in [-0.25, -0.2) is 0 Å². The molecule has 2 N–H and O–H groups in total. The molecule has 0 aliphatic carbocycles. The fourth-order valence-electron chi connectivity index (χ4n) is 3.76. The molecule has 170 valence electrons. The number of furan rings is 1. The molecule has 1 aliphatic heterocycles. The number of hydrogen-bond donors (Lipinski definition) is 2. The maximum Gasteiger partial charge on any atom is 0.296 e. The molecule has 3 aromatic rings. The summed E-state index contributed by atoms with van der Waals surface area (Å²) >= 11 is 6.12. The van der Waals surface area contributed by atoms with Gasteiger partial charge in [0.15, 0.2) is 0 Å². The van der Waals surface area contributed by atoms with Crippen LogP contribution in [0.15, 0.2) is 70.9 Å². The van der Waals surface area contributed by atoms with Crippen LogP contribution in [0.5, 0.6) is 11.5 Å². The number of aliphatic hydroxyl groups is 1. The first kappa shape index (κ1) is 22.5. The Morgan fingerprint density at radius 1 is 1.15 bits per heavy atom. The number of likely N-dealkylation sites (tertiary alicyclic amines) is 1. The van der Waals surface area contributed by atoms with Crippen molar-refractivity contribution in [2.45, 2.75) is 25.9 Å². The van der Waals surface area contributed by atoms with E-state index in [1.165, 1.54) is 23.3 Å². The lowest BCUT2D eigenvalue weighted by Gasteiger charge is -2.24. The Morgan fingerprint density at radius 2 is 1.97 bits per heavy atom. The molecule has 2 heterocycles. The number of rotatable bonds is 7. The fourth-order valence-corrected chi connectivity index (χ4v) is 3.95. The van der Waals surface area contributed by atoms with Gasteiger partial charge in [-0.2, -0.15) is 0 Å². The molecule has 1 aliphatic rings. The number of hydrogen-bond acceptors (Lipinski definition) is 6. The van der Waals surface area contributed by atoms with Gasteiger partial charge in [-0.3, -0.25) is 9.59 Å². The zero-order valence-corrected chi connectivity index (χ0v) is 18.6. The molecule has 4 rings (SSSR count). The van der Waals surface area contributed by atoms with Crippen molar-refractivity contribution in [3.63, 3.8) is 0 Å². The summed E-state index contributed by atoms with van der Waals surface area (Å²) in [5.41, 5.74) is 0.721. The number of nitrogens with zero attached hydrogens (tertiary/aromatic N) is 1. The van der Waals surface area contributed by atoms with E-state index in [1.807, 2.05) is 6.92 Å². The Labute approximate surface area is 195 Å². The summed E-state index contributed by atoms with van der Waals surface area (Å²) in [6.45, 7) is 2.49. The van der Waals surface area contributed by atoms with Crippen molar-refractivity contribution < 1.29 is 29.0 Å². The van der Waals surface area contributed by atoms with Crippen molar-refractivity contribution in [3.8, 4) is 11.5 Å². The fraction of sp³-hybridized carbons (Fsp3) is 0.200. The third-order valence-corrected chi connectivity index (χ3v) is 5.62. The van der Waals surface area contributed by atoms with Crippen molar-refractivity contribution >= 4 is 29.1 Å². The van der Waals surface area contributed by atoms with Gasteiger partial charge in [-0.05, 0) is 48.4 Å². The normalized spacial score (nSPS) is 17.5. The number of halogens is 1. The van der Waals surface area contributed by atoms with Gasteiger partial charge in [-0.1, -0.05) is 36.7 Å². The van der Waals surface area contributed by atoms with Crippen LogP contribution in [0.1, 0.15) is 36.3 Å². The van der Waals surface area contributed by atoms with Crippen LogP contribution in [0, 0.1) is 0 Å². The van der Waals surface area contributed by atoms with Gasteiger partial charge in [-0.15, -0.1) is 0 Å². The minimum Gasteiger partial charge on any atom is -0.507 e. The number of phenolic OH excluding ortho intramolecular Hbond substituents is 1. The second kappa shape index (κ2) is 9.42. The number of Topliss-reactive ketones (excluding diaryl/α,β-unsaturated/α-hetero) is 1. The first-order valence-corrected chi connectivity index (χ1v) is 10.8. The Bertz CT molecular complexity index is 1220. The molecule has 8 heteroatoms. The van der Waals surface area contributed by atoms with Crippen molar-refractivity contribution in [2.75, 3.05) is 6.61 Å². The number of aliphatic hydroxyl groups excluding tert-OH is 1. The second-order valence-corrected chi connectivity index (χ2v) is 8.00. The van der Waals surface area contributed by atoms with Crippen LogP contribution in [0.3, 0.4) is 0 Å². The van der Waals surface area contributed by atoms with Crippen LogP contribution in [0.4, 0.5) is 0 Å². The van der Waals surface area contributed by atoms with Crippen molar-refractivity contribution in [2.24, 2.45) is 0 Å². The molecule has 1 aromatic heterocycles. The van der Waals surface area contributed by atoms with E-state index >= 15 is 0 Å². The molecule has 0 bridgehead atoms. The largest absolute Gasteiger partial charge is 0.507 e. The van der Waals surface area contributed by atoms with Crippen molar-refractivity contribution in [1.82, 2.24) is 4.90 Å². The summed E-state index contributed by atoms with van der Waals surface area (Å²) in [5, 5.41) is 21.1. The highest BCUT2D eigenvalue weighted by Crippen LogP contribution is 2.42. The van der Waals surface area contributed by atoms with Crippen LogP contribution in [0.25, 0.3) is 5.76 Å². The average molecular weight is 468 g/mol. The summed E-state index contributed by atoms with van der Waals surface area (Å²) in [6.07, 6.45) is 2.29. The minimum absolute atomic E-state index is 0.0111. The summed E-state index contributed by atoms with van der Waals surface area (Å²) in [4.78, 5) is 27.4. The standard InChI is InChI=1S/C25H22ClNO6/c1-2-10-32-17-6-3-5-16(12-17)23(29)21-22(15-8-9-20(28)19(26)13-15)27(25(31)24(21)30)14-18-7-4-11-33-18/h3-9,11-13,22,28-29H,2,10,14H2,1H3/b23-21-. The molecule has 33 heavy (non-hydrogen) atoms. The molecule has 7 nitrogen and oxygen atoms in total. The molecule has 1 fully saturated rings. The van der Waals surface area contributed by atoms with Crippen LogP contribution in [-0.4, -0.2) is 33.4 Å². The zero-order valence-electron chi connectivity index (χ0n) is 17.8. The zero-order chi connectivity index (χ0) is 23.5. The topological polar surface area (TPSA) is 100 Å². The predicted molar refractivity (Wildman–Crippen MR) is 122 cm³/mol. The number of ether oxygens (including phenoxy) is 1. The second-order valence-electron chi connectivity index (χ2n) is 7.59. The quantitative estimate of drug-likeness (QED) is 0.286. The lowest BCUT2D eigenvalue weighted by molar-refractivity contribution is -0.140. The number of benzene rings is 2. The first-order chi connectivity index (χ1) is 15.9. The maximum atomic E-state index is 13.1. The molecule has 1 atom stereocenters. The van der Waals surface area contributed by atoms with E-state index in [2.05, 4.69) is 0 Å². The predicted octanol–water partition coefficient (Wildman–Crippen LogP) is 5.05. The number of ketones is 1. The van der Waals surface area contributed by atoms with Gasteiger partial charge >= 0.3 is 0 Å². The Balaban J connectivity index is 1.84. The lowest BCUT2D eigenvalue weighted by Crippen LogP contribution is -2.29. The lowest BCUT2D eigenvalue weighted by atomic mass is 9.95. The maximum absolute atomic E-state index is 13.1. The Kier molecular flexibility index (Phi) is 6.42. The number of carbonyl (C=O) groups is 2. The molecule has 0 spiro atoms. The molecular weight excluding hydrogens is 446 g/mol. The number of carbonyl (C=O) groups excluding carboxylic acids is 2. The van der Waals surface area contributed by atoms with Crippen LogP contribution in [0.2, 0.25) is 5.02 Å².